The molecule has 0 saturated heterocycles. The van der Waals surface area contributed by atoms with Gasteiger partial charge in [-0.1, -0.05) is 17.3 Å². The van der Waals surface area contributed by atoms with Crippen molar-refractivity contribution in [3.8, 4) is 11.4 Å². The van der Waals surface area contributed by atoms with Crippen LogP contribution in [0.15, 0.2) is 28.8 Å². The second-order valence-electron chi connectivity index (χ2n) is 3.65. The van der Waals surface area contributed by atoms with Crippen molar-refractivity contribution in [2.24, 2.45) is 0 Å². The molecule has 0 aliphatic carbocycles. The van der Waals surface area contributed by atoms with Crippen molar-refractivity contribution in [2.45, 2.75) is 12.8 Å². The van der Waals surface area contributed by atoms with E-state index in [0.29, 0.717) is 30.1 Å². The van der Waals surface area contributed by atoms with Gasteiger partial charge in [0.15, 0.2) is 0 Å². The van der Waals surface area contributed by atoms with Crippen LogP contribution in [0.2, 0.25) is 0 Å². The molecule has 18 heavy (non-hydrogen) atoms. The minimum absolute atomic E-state index is 0.0193. The van der Waals surface area contributed by atoms with E-state index in [1.54, 1.807) is 12.1 Å². The second kappa shape index (κ2) is 5.37. The third-order valence-electron chi connectivity index (χ3n) is 2.33. The van der Waals surface area contributed by atoms with E-state index in [1.165, 1.54) is 12.1 Å². The highest BCUT2D eigenvalue weighted by Gasteiger charge is 2.12. The average molecular weight is 249 g/mol. The van der Waals surface area contributed by atoms with Crippen molar-refractivity contribution < 1.29 is 14.6 Å². The molecule has 7 nitrogen and oxygen atoms in total. The number of aryl methyl sites for hydroxylation is 1. The first-order valence-electron chi connectivity index (χ1n) is 5.39. The Balaban J connectivity index is 2.23. The van der Waals surface area contributed by atoms with Crippen LogP contribution < -0.4 is 0 Å². The fourth-order valence-electron chi connectivity index (χ4n) is 1.46. The minimum Gasteiger partial charge on any atom is -0.396 e. The summed E-state index contributed by atoms with van der Waals surface area (Å²) in [4.78, 5) is 14.3. The zero-order valence-electron chi connectivity index (χ0n) is 9.44. The van der Waals surface area contributed by atoms with E-state index in [0.717, 1.165) is 0 Å². The standard InChI is InChI=1S/C11H11N3O4/c15-6-2-5-10-12-11(13-18-10)8-3-1-4-9(7-8)14(16)17/h1,3-4,7,15H,2,5-6H2. The van der Waals surface area contributed by atoms with E-state index >= 15 is 0 Å². The first-order chi connectivity index (χ1) is 8.70. The average Bonchev–Trinajstić information content (AvgIpc) is 2.85. The van der Waals surface area contributed by atoms with Gasteiger partial charge in [-0.25, -0.2) is 0 Å². The topological polar surface area (TPSA) is 102 Å². The molecule has 0 atom stereocenters. The van der Waals surface area contributed by atoms with Crippen molar-refractivity contribution in [1.29, 1.82) is 0 Å². The smallest absolute Gasteiger partial charge is 0.270 e. The maximum atomic E-state index is 10.6. The van der Waals surface area contributed by atoms with Gasteiger partial charge in [-0.2, -0.15) is 4.98 Å². The lowest BCUT2D eigenvalue weighted by molar-refractivity contribution is -0.384. The lowest BCUT2D eigenvalue weighted by Gasteiger charge is -1.94. The number of aliphatic hydroxyl groups excluding tert-OH is 1. The van der Waals surface area contributed by atoms with Crippen LogP contribution in [0.1, 0.15) is 12.3 Å². The van der Waals surface area contributed by atoms with Gasteiger partial charge in [-0.15, -0.1) is 0 Å². The van der Waals surface area contributed by atoms with Crippen LogP contribution in [0.25, 0.3) is 11.4 Å². The van der Waals surface area contributed by atoms with Gasteiger partial charge < -0.3 is 9.63 Å². The summed E-state index contributed by atoms with van der Waals surface area (Å²) in [6, 6.07) is 6.03. The molecule has 1 heterocycles. The number of rotatable bonds is 5. The number of hydrogen-bond acceptors (Lipinski definition) is 6. The highest BCUT2D eigenvalue weighted by molar-refractivity contribution is 5.58. The molecule has 2 rings (SSSR count). The van der Waals surface area contributed by atoms with Crippen LogP contribution in [0.5, 0.6) is 0 Å². The van der Waals surface area contributed by atoms with Gasteiger partial charge in [-0.05, 0) is 6.42 Å². The number of nitrogens with zero attached hydrogens (tertiary/aromatic N) is 3. The zero-order valence-corrected chi connectivity index (χ0v) is 9.44. The summed E-state index contributed by atoms with van der Waals surface area (Å²) in [6.45, 7) is 0.0501. The Labute approximate surface area is 102 Å². The third-order valence-corrected chi connectivity index (χ3v) is 2.33. The van der Waals surface area contributed by atoms with Crippen molar-refractivity contribution in [2.75, 3.05) is 6.61 Å². The Kier molecular flexibility index (Phi) is 3.63. The molecule has 0 spiro atoms. The summed E-state index contributed by atoms with van der Waals surface area (Å²) in [6.07, 6.45) is 1.02. The number of aliphatic hydroxyl groups is 1. The van der Waals surface area contributed by atoms with Crippen LogP contribution in [-0.4, -0.2) is 26.8 Å². The molecule has 0 aliphatic heterocycles. The van der Waals surface area contributed by atoms with Crippen molar-refractivity contribution >= 4 is 5.69 Å². The number of nitro benzene ring substituents is 1. The lowest BCUT2D eigenvalue weighted by Crippen LogP contribution is -1.90. The van der Waals surface area contributed by atoms with Gasteiger partial charge in [0.2, 0.25) is 11.7 Å². The molecular weight excluding hydrogens is 238 g/mol. The maximum absolute atomic E-state index is 10.6. The normalized spacial score (nSPS) is 10.5. The van der Waals surface area contributed by atoms with Gasteiger partial charge >= 0.3 is 0 Å². The quantitative estimate of drug-likeness (QED) is 0.637. The molecule has 0 bridgehead atoms. The number of hydrogen-bond donors (Lipinski definition) is 1. The molecule has 0 radical (unpaired) electrons. The van der Waals surface area contributed by atoms with E-state index in [1.807, 2.05) is 0 Å². The van der Waals surface area contributed by atoms with Gasteiger partial charge in [0.25, 0.3) is 5.69 Å². The predicted molar refractivity (Wildman–Crippen MR) is 61.8 cm³/mol. The molecule has 0 saturated carbocycles. The van der Waals surface area contributed by atoms with Gasteiger partial charge in [0, 0.05) is 30.7 Å². The highest BCUT2D eigenvalue weighted by Crippen LogP contribution is 2.21. The van der Waals surface area contributed by atoms with Gasteiger partial charge in [0.1, 0.15) is 0 Å². The molecule has 1 aromatic heterocycles. The molecular formula is C11H11N3O4. The molecule has 0 fully saturated rings. The van der Waals surface area contributed by atoms with Crippen molar-refractivity contribution in [1.82, 2.24) is 10.1 Å². The second-order valence-corrected chi connectivity index (χ2v) is 3.65. The predicted octanol–water partition coefficient (Wildman–Crippen LogP) is 1.57. The minimum atomic E-state index is -0.476. The Morgan fingerprint density at radius 1 is 1.44 bits per heavy atom. The molecule has 0 amide bonds. The SMILES string of the molecule is O=[N+]([O-])c1cccc(-c2noc(CCCO)n2)c1. The van der Waals surface area contributed by atoms with Crippen LogP contribution >= 0.6 is 0 Å². The molecule has 94 valence electrons. The van der Waals surface area contributed by atoms with Crippen LogP contribution in [0.3, 0.4) is 0 Å². The molecule has 0 unspecified atom stereocenters. The summed E-state index contributed by atoms with van der Waals surface area (Å²) in [5, 5.41) is 23.1. The van der Waals surface area contributed by atoms with Crippen molar-refractivity contribution in [3.05, 3.63) is 40.3 Å². The summed E-state index contributed by atoms with van der Waals surface area (Å²) in [5.41, 5.74) is 0.511. The maximum Gasteiger partial charge on any atom is 0.270 e. The Morgan fingerprint density at radius 2 is 2.28 bits per heavy atom. The number of benzene rings is 1. The molecule has 0 aliphatic rings. The fourth-order valence-corrected chi connectivity index (χ4v) is 1.46. The van der Waals surface area contributed by atoms with Gasteiger partial charge in [0.05, 0.1) is 4.92 Å². The molecule has 1 N–H and O–H groups in total. The van der Waals surface area contributed by atoms with Crippen LogP contribution in [-0.2, 0) is 6.42 Å². The zero-order chi connectivity index (χ0) is 13.0. The van der Waals surface area contributed by atoms with Gasteiger partial charge in [-0.3, -0.25) is 10.1 Å². The Morgan fingerprint density at radius 3 is 3.00 bits per heavy atom. The highest BCUT2D eigenvalue weighted by atomic mass is 16.6. The van der Waals surface area contributed by atoms with E-state index in [4.69, 9.17) is 9.63 Å². The third kappa shape index (κ3) is 2.69. The van der Waals surface area contributed by atoms with Crippen molar-refractivity contribution in [3.63, 3.8) is 0 Å². The first kappa shape index (κ1) is 12.2. The summed E-state index contributed by atoms with van der Waals surface area (Å²) >= 11 is 0. The first-order valence-corrected chi connectivity index (χ1v) is 5.39. The largest absolute Gasteiger partial charge is 0.396 e. The molecule has 7 heteroatoms. The summed E-state index contributed by atoms with van der Waals surface area (Å²) in [5.74, 6) is 0.720. The van der Waals surface area contributed by atoms with E-state index in [-0.39, 0.29) is 12.3 Å². The fraction of sp³-hybridized carbons (Fsp3) is 0.273. The molecule has 2 aromatic rings. The van der Waals surface area contributed by atoms with Crippen LogP contribution in [0.4, 0.5) is 5.69 Å². The monoisotopic (exact) mass is 249 g/mol. The number of aromatic nitrogens is 2. The Bertz CT molecular complexity index is 553. The number of non-ortho nitro benzene ring substituents is 1. The summed E-state index contributed by atoms with van der Waals surface area (Å²) in [7, 11) is 0. The Hall–Kier alpha value is -2.28. The van der Waals surface area contributed by atoms with Crippen LogP contribution in [0, 0.1) is 10.1 Å². The summed E-state index contributed by atoms with van der Waals surface area (Å²) < 4.78 is 4.98. The van der Waals surface area contributed by atoms with E-state index < -0.39 is 4.92 Å². The van der Waals surface area contributed by atoms with E-state index in [9.17, 15) is 10.1 Å². The lowest BCUT2D eigenvalue weighted by atomic mass is 10.2. The molecule has 1 aromatic carbocycles. The number of nitro groups is 1. The van der Waals surface area contributed by atoms with E-state index in [2.05, 4.69) is 10.1 Å².